The zero-order valence-electron chi connectivity index (χ0n) is 6.42. The van der Waals surface area contributed by atoms with Gasteiger partial charge >= 0.3 is 5.97 Å². The van der Waals surface area contributed by atoms with E-state index in [0.29, 0.717) is 6.61 Å². The van der Waals surface area contributed by atoms with Gasteiger partial charge in [0.25, 0.3) is 0 Å². The van der Waals surface area contributed by atoms with Gasteiger partial charge in [-0.1, -0.05) is 0 Å². The fraction of sp³-hybridized carbons (Fsp3) is 0.714. The fourth-order valence-corrected chi connectivity index (χ4v) is 0.351. The molecular weight excluding hydrogens is 132 g/mol. The molecule has 1 atom stereocenters. The molecular formula is C7H13O3. The van der Waals surface area contributed by atoms with Crippen molar-refractivity contribution in [3.63, 3.8) is 0 Å². The maximum Gasteiger partial charge on any atom is 0.305 e. The molecule has 0 saturated heterocycles. The summed E-state index contributed by atoms with van der Waals surface area (Å²) in [5, 5.41) is 0. The highest BCUT2D eigenvalue weighted by Gasteiger charge is 2.02. The minimum absolute atomic E-state index is 0.0319. The van der Waals surface area contributed by atoms with Crippen LogP contribution < -0.4 is 0 Å². The lowest BCUT2D eigenvalue weighted by atomic mass is 10.4. The van der Waals surface area contributed by atoms with Crippen LogP contribution in [0.4, 0.5) is 0 Å². The molecule has 0 rings (SSSR count). The SMILES string of the molecule is [CH2]CC(=O)OCC(C)OC. The Morgan fingerprint density at radius 2 is 2.30 bits per heavy atom. The lowest BCUT2D eigenvalue weighted by molar-refractivity contribution is -0.145. The van der Waals surface area contributed by atoms with Crippen LogP contribution in [-0.4, -0.2) is 25.8 Å². The normalized spacial score (nSPS) is 12.7. The van der Waals surface area contributed by atoms with Gasteiger partial charge in [-0.2, -0.15) is 0 Å². The first-order valence-corrected chi connectivity index (χ1v) is 3.18. The molecule has 10 heavy (non-hydrogen) atoms. The fourth-order valence-electron chi connectivity index (χ4n) is 0.351. The van der Waals surface area contributed by atoms with Crippen LogP contribution in [0.2, 0.25) is 0 Å². The zero-order chi connectivity index (χ0) is 7.98. The lowest BCUT2D eigenvalue weighted by Crippen LogP contribution is -2.16. The van der Waals surface area contributed by atoms with Gasteiger partial charge in [-0.3, -0.25) is 4.79 Å². The van der Waals surface area contributed by atoms with Crippen molar-refractivity contribution in [1.82, 2.24) is 0 Å². The molecule has 0 aromatic rings. The molecule has 0 fully saturated rings. The van der Waals surface area contributed by atoms with Crippen molar-refractivity contribution < 1.29 is 14.3 Å². The number of carbonyl (C=O) groups excluding carboxylic acids is 1. The van der Waals surface area contributed by atoms with Gasteiger partial charge in [-0.25, -0.2) is 0 Å². The highest BCUT2D eigenvalue weighted by Crippen LogP contribution is 1.90. The number of carbonyl (C=O) groups is 1. The van der Waals surface area contributed by atoms with E-state index in [9.17, 15) is 4.79 Å². The van der Waals surface area contributed by atoms with Crippen LogP contribution in [0.15, 0.2) is 0 Å². The highest BCUT2D eigenvalue weighted by molar-refractivity contribution is 5.69. The first-order chi connectivity index (χ1) is 4.70. The summed E-state index contributed by atoms with van der Waals surface area (Å²) in [6.07, 6.45) is 0.145. The van der Waals surface area contributed by atoms with E-state index in [2.05, 4.69) is 6.92 Å². The average molecular weight is 145 g/mol. The quantitative estimate of drug-likeness (QED) is 0.548. The molecule has 0 heterocycles. The summed E-state index contributed by atoms with van der Waals surface area (Å²) < 4.78 is 9.56. The summed E-state index contributed by atoms with van der Waals surface area (Å²) in [7, 11) is 1.57. The van der Waals surface area contributed by atoms with Crippen LogP contribution in [0.5, 0.6) is 0 Å². The molecule has 0 aliphatic heterocycles. The summed E-state index contributed by atoms with van der Waals surface area (Å²) in [6, 6.07) is 0. The van der Waals surface area contributed by atoms with Gasteiger partial charge in [0, 0.05) is 13.5 Å². The standard InChI is InChI=1S/C7H13O3/c1-4-7(8)10-5-6(2)9-3/h6H,1,4-5H2,2-3H3. The predicted octanol–water partition coefficient (Wildman–Crippen LogP) is 0.789. The largest absolute Gasteiger partial charge is 0.463 e. The number of ether oxygens (including phenoxy) is 2. The van der Waals surface area contributed by atoms with Gasteiger partial charge in [0.1, 0.15) is 6.61 Å². The Morgan fingerprint density at radius 3 is 2.70 bits per heavy atom. The molecule has 59 valence electrons. The van der Waals surface area contributed by atoms with E-state index >= 15 is 0 Å². The number of hydrogen-bond acceptors (Lipinski definition) is 3. The Balaban J connectivity index is 3.26. The highest BCUT2D eigenvalue weighted by atomic mass is 16.6. The summed E-state index contributed by atoms with van der Waals surface area (Å²) in [5.41, 5.74) is 0. The second-order valence-corrected chi connectivity index (χ2v) is 1.98. The minimum atomic E-state index is -0.288. The van der Waals surface area contributed by atoms with Gasteiger partial charge < -0.3 is 9.47 Å². The first-order valence-electron chi connectivity index (χ1n) is 3.18. The van der Waals surface area contributed by atoms with Crippen LogP contribution in [0, 0.1) is 6.92 Å². The van der Waals surface area contributed by atoms with Crippen molar-refractivity contribution in [2.75, 3.05) is 13.7 Å². The Labute approximate surface area is 61.3 Å². The summed E-state index contributed by atoms with van der Waals surface area (Å²) in [4.78, 5) is 10.5. The molecule has 0 spiro atoms. The molecule has 0 aliphatic rings. The van der Waals surface area contributed by atoms with Gasteiger partial charge in [0.15, 0.2) is 0 Å². The maximum atomic E-state index is 10.5. The van der Waals surface area contributed by atoms with Crippen LogP contribution in [-0.2, 0) is 14.3 Å². The third-order valence-electron chi connectivity index (χ3n) is 1.09. The predicted molar refractivity (Wildman–Crippen MR) is 37.4 cm³/mol. The van der Waals surface area contributed by atoms with E-state index in [1.807, 2.05) is 6.92 Å². The molecule has 0 amide bonds. The monoisotopic (exact) mass is 145 g/mol. The van der Waals surface area contributed by atoms with E-state index in [4.69, 9.17) is 9.47 Å². The average Bonchev–Trinajstić information content (AvgIpc) is 1.99. The Bertz CT molecular complexity index is 101. The van der Waals surface area contributed by atoms with Crippen LogP contribution >= 0.6 is 0 Å². The van der Waals surface area contributed by atoms with Crippen LogP contribution in [0.1, 0.15) is 13.3 Å². The molecule has 0 N–H and O–H groups in total. The van der Waals surface area contributed by atoms with E-state index in [0.717, 1.165) is 0 Å². The van der Waals surface area contributed by atoms with E-state index in [1.165, 1.54) is 0 Å². The Kier molecular flexibility index (Phi) is 4.94. The van der Waals surface area contributed by atoms with Crippen LogP contribution in [0.25, 0.3) is 0 Å². The second kappa shape index (κ2) is 5.23. The number of hydrogen-bond donors (Lipinski definition) is 0. The number of esters is 1. The zero-order valence-corrected chi connectivity index (χ0v) is 6.42. The topological polar surface area (TPSA) is 35.5 Å². The number of rotatable bonds is 4. The maximum absolute atomic E-state index is 10.5. The minimum Gasteiger partial charge on any atom is -0.463 e. The summed E-state index contributed by atoms with van der Waals surface area (Å²) in [6.45, 7) is 5.51. The molecule has 3 heteroatoms. The van der Waals surface area contributed by atoms with Gasteiger partial charge in [0.2, 0.25) is 0 Å². The van der Waals surface area contributed by atoms with Crippen molar-refractivity contribution in [2.45, 2.75) is 19.4 Å². The Hall–Kier alpha value is -0.570. The molecule has 0 saturated carbocycles. The lowest BCUT2D eigenvalue weighted by Gasteiger charge is -2.08. The van der Waals surface area contributed by atoms with E-state index in [1.54, 1.807) is 7.11 Å². The van der Waals surface area contributed by atoms with E-state index < -0.39 is 0 Å². The molecule has 1 radical (unpaired) electrons. The molecule has 0 aliphatic carbocycles. The van der Waals surface area contributed by atoms with Crippen molar-refractivity contribution in [3.05, 3.63) is 6.92 Å². The first kappa shape index (κ1) is 9.43. The van der Waals surface area contributed by atoms with Crippen molar-refractivity contribution in [1.29, 1.82) is 0 Å². The summed E-state index contributed by atoms with van der Waals surface area (Å²) >= 11 is 0. The van der Waals surface area contributed by atoms with Crippen molar-refractivity contribution in [2.24, 2.45) is 0 Å². The number of methoxy groups -OCH3 is 1. The smallest absolute Gasteiger partial charge is 0.305 e. The van der Waals surface area contributed by atoms with Gasteiger partial charge in [-0.05, 0) is 13.8 Å². The summed E-state index contributed by atoms with van der Waals surface area (Å²) in [5.74, 6) is -0.288. The molecule has 0 aromatic heterocycles. The molecule has 1 unspecified atom stereocenters. The van der Waals surface area contributed by atoms with Gasteiger partial charge in [0.05, 0.1) is 6.10 Å². The third kappa shape index (κ3) is 4.32. The molecule has 0 bridgehead atoms. The molecule has 0 aromatic carbocycles. The third-order valence-corrected chi connectivity index (χ3v) is 1.09. The second-order valence-electron chi connectivity index (χ2n) is 1.98. The van der Waals surface area contributed by atoms with Gasteiger partial charge in [-0.15, -0.1) is 0 Å². The molecule has 3 nitrogen and oxygen atoms in total. The Morgan fingerprint density at radius 1 is 1.70 bits per heavy atom. The van der Waals surface area contributed by atoms with Crippen molar-refractivity contribution in [3.8, 4) is 0 Å². The van der Waals surface area contributed by atoms with E-state index in [-0.39, 0.29) is 18.5 Å². The van der Waals surface area contributed by atoms with Crippen LogP contribution in [0.3, 0.4) is 0 Å². The van der Waals surface area contributed by atoms with Crippen molar-refractivity contribution >= 4 is 5.97 Å².